The van der Waals surface area contributed by atoms with Gasteiger partial charge in [0.25, 0.3) is 0 Å². The number of methoxy groups -OCH3 is 1. The molecule has 0 radical (unpaired) electrons. The predicted molar refractivity (Wildman–Crippen MR) is 78.1 cm³/mol. The Morgan fingerprint density at radius 2 is 1.95 bits per heavy atom. The van der Waals surface area contributed by atoms with E-state index < -0.39 is 0 Å². The molecular formula is C14H11BrN2O2. The summed E-state index contributed by atoms with van der Waals surface area (Å²) in [6.07, 6.45) is 0. The number of ether oxygens (including phenoxy) is 1. The molecule has 0 aliphatic rings. The number of rotatable bonds is 2. The Morgan fingerprint density at radius 1 is 1.16 bits per heavy atom. The van der Waals surface area contributed by atoms with E-state index in [2.05, 4.69) is 20.9 Å². The number of para-hydroxylation sites is 3. The number of nitrogens with zero attached hydrogens (tertiary/aromatic N) is 1. The number of hydrogen-bond acceptors (Lipinski definition) is 2. The molecule has 4 nitrogen and oxygen atoms in total. The first-order valence-electron chi connectivity index (χ1n) is 5.75. The zero-order valence-electron chi connectivity index (χ0n) is 10.2. The van der Waals surface area contributed by atoms with Crippen LogP contribution in [-0.4, -0.2) is 16.7 Å². The molecule has 0 saturated heterocycles. The third-order valence-corrected chi connectivity index (χ3v) is 3.65. The van der Waals surface area contributed by atoms with Crippen LogP contribution in [0.3, 0.4) is 0 Å². The lowest BCUT2D eigenvalue weighted by molar-refractivity contribution is 0.413. The standard InChI is InChI=1S/C14H11BrN2O2/c1-19-12-8-3-2-6-10(12)17-11-7-4-5-9(15)13(11)16-14(17)18/h2-8H,1H3,(H,16,18). The Kier molecular flexibility index (Phi) is 2.91. The lowest BCUT2D eigenvalue weighted by atomic mass is 10.2. The highest BCUT2D eigenvalue weighted by molar-refractivity contribution is 9.10. The van der Waals surface area contributed by atoms with Gasteiger partial charge in [0.05, 0.1) is 23.8 Å². The topological polar surface area (TPSA) is 47.0 Å². The smallest absolute Gasteiger partial charge is 0.331 e. The van der Waals surface area contributed by atoms with Gasteiger partial charge in [-0.05, 0) is 40.2 Å². The molecule has 5 heteroatoms. The second-order valence-corrected chi connectivity index (χ2v) is 4.93. The molecule has 3 rings (SSSR count). The first-order valence-corrected chi connectivity index (χ1v) is 6.54. The van der Waals surface area contributed by atoms with E-state index in [-0.39, 0.29) is 5.69 Å². The van der Waals surface area contributed by atoms with Crippen LogP contribution < -0.4 is 10.4 Å². The molecule has 96 valence electrons. The van der Waals surface area contributed by atoms with Crippen LogP contribution in [0.5, 0.6) is 5.75 Å². The second kappa shape index (κ2) is 4.59. The highest BCUT2D eigenvalue weighted by Crippen LogP contribution is 2.27. The average Bonchev–Trinajstić information content (AvgIpc) is 2.76. The van der Waals surface area contributed by atoms with Crippen molar-refractivity contribution in [3.8, 4) is 11.4 Å². The van der Waals surface area contributed by atoms with Gasteiger partial charge in [0.1, 0.15) is 5.75 Å². The van der Waals surface area contributed by atoms with Gasteiger partial charge in [-0.3, -0.25) is 4.57 Å². The van der Waals surface area contributed by atoms with Crippen LogP contribution in [0.1, 0.15) is 0 Å². The molecule has 0 amide bonds. The summed E-state index contributed by atoms with van der Waals surface area (Å²) in [6, 6.07) is 13.1. The maximum absolute atomic E-state index is 12.2. The van der Waals surface area contributed by atoms with Crippen LogP contribution in [-0.2, 0) is 0 Å². The second-order valence-electron chi connectivity index (χ2n) is 4.07. The summed E-state index contributed by atoms with van der Waals surface area (Å²) in [6.45, 7) is 0. The summed E-state index contributed by atoms with van der Waals surface area (Å²) < 4.78 is 7.79. The van der Waals surface area contributed by atoms with Crippen molar-refractivity contribution in [2.75, 3.05) is 7.11 Å². The molecule has 1 aromatic heterocycles. The van der Waals surface area contributed by atoms with Crippen LogP contribution in [0.25, 0.3) is 16.7 Å². The molecule has 0 aliphatic heterocycles. The minimum Gasteiger partial charge on any atom is -0.495 e. The van der Waals surface area contributed by atoms with E-state index in [0.717, 1.165) is 21.2 Å². The zero-order valence-corrected chi connectivity index (χ0v) is 11.8. The molecule has 0 bridgehead atoms. The third kappa shape index (κ3) is 1.86. The highest BCUT2D eigenvalue weighted by atomic mass is 79.9. The molecule has 1 heterocycles. The van der Waals surface area contributed by atoms with Gasteiger partial charge < -0.3 is 9.72 Å². The van der Waals surface area contributed by atoms with Crippen molar-refractivity contribution in [3.05, 3.63) is 57.4 Å². The predicted octanol–water partition coefficient (Wildman–Crippen LogP) is 3.09. The number of fused-ring (bicyclic) bond motifs is 1. The van der Waals surface area contributed by atoms with E-state index in [1.807, 2.05) is 42.5 Å². The van der Waals surface area contributed by atoms with E-state index in [9.17, 15) is 4.79 Å². The van der Waals surface area contributed by atoms with Gasteiger partial charge in [-0.2, -0.15) is 0 Å². The van der Waals surface area contributed by atoms with Gasteiger partial charge in [0, 0.05) is 4.47 Å². The van der Waals surface area contributed by atoms with E-state index in [1.54, 1.807) is 11.7 Å². The number of imidazole rings is 1. The van der Waals surface area contributed by atoms with Gasteiger partial charge in [-0.25, -0.2) is 4.79 Å². The fraction of sp³-hybridized carbons (Fsp3) is 0.0714. The molecule has 3 aromatic rings. The summed E-state index contributed by atoms with van der Waals surface area (Å²) in [4.78, 5) is 15.0. The summed E-state index contributed by atoms with van der Waals surface area (Å²) in [5, 5.41) is 0. The molecule has 0 aliphatic carbocycles. The number of benzene rings is 2. The Hall–Kier alpha value is -2.01. The van der Waals surface area contributed by atoms with Crippen LogP contribution in [0.15, 0.2) is 51.7 Å². The summed E-state index contributed by atoms with van der Waals surface area (Å²) in [5.74, 6) is 0.658. The molecule has 0 unspecified atom stereocenters. The average molecular weight is 319 g/mol. The minimum atomic E-state index is -0.189. The first-order chi connectivity index (χ1) is 9.22. The van der Waals surface area contributed by atoms with Crippen LogP contribution in [0.4, 0.5) is 0 Å². The van der Waals surface area contributed by atoms with Crippen molar-refractivity contribution in [1.29, 1.82) is 0 Å². The highest BCUT2D eigenvalue weighted by Gasteiger charge is 2.13. The largest absolute Gasteiger partial charge is 0.495 e. The number of aromatic nitrogens is 2. The van der Waals surface area contributed by atoms with Gasteiger partial charge in [-0.1, -0.05) is 18.2 Å². The van der Waals surface area contributed by atoms with Crippen molar-refractivity contribution in [2.24, 2.45) is 0 Å². The van der Waals surface area contributed by atoms with Crippen LogP contribution in [0.2, 0.25) is 0 Å². The van der Waals surface area contributed by atoms with Gasteiger partial charge in [0.2, 0.25) is 0 Å². The van der Waals surface area contributed by atoms with Gasteiger partial charge in [-0.15, -0.1) is 0 Å². The molecule has 0 fully saturated rings. The molecule has 19 heavy (non-hydrogen) atoms. The lowest BCUT2D eigenvalue weighted by Crippen LogP contribution is -2.15. The van der Waals surface area contributed by atoms with Crippen LogP contribution in [0, 0.1) is 0 Å². The number of H-pyrrole nitrogens is 1. The number of nitrogens with one attached hydrogen (secondary N) is 1. The van der Waals surface area contributed by atoms with Crippen LogP contribution >= 0.6 is 15.9 Å². The van der Waals surface area contributed by atoms with Gasteiger partial charge >= 0.3 is 5.69 Å². The first kappa shape index (κ1) is 12.0. The van der Waals surface area contributed by atoms with Crippen molar-refractivity contribution < 1.29 is 4.74 Å². The molecule has 1 N–H and O–H groups in total. The molecule has 0 saturated carbocycles. The van der Waals surface area contributed by atoms with Gasteiger partial charge in [0.15, 0.2) is 0 Å². The zero-order chi connectivity index (χ0) is 13.4. The van der Waals surface area contributed by atoms with E-state index in [1.165, 1.54) is 0 Å². The third-order valence-electron chi connectivity index (χ3n) is 2.99. The summed E-state index contributed by atoms with van der Waals surface area (Å²) in [5.41, 5.74) is 2.12. The van der Waals surface area contributed by atoms with Crippen molar-refractivity contribution in [3.63, 3.8) is 0 Å². The van der Waals surface area contributed by atoms with Crippen molar-refractivity contribution >= 4 is 27.0 Å². The van der Waals surface area contributed by atoms with Crippen molar-refractivity contribution in [2.45, 2.75) is 0 Å². The molecule has 2 aromatic carbocycles. The quantitative estimate of drug-likeness (QED) is 0.789. The fourth-order valence-electron chi connectivity index (χ4n) is 2.15. The maximum atomic E-state index is 12.2. The fourth-order valence-corrected chi connectivity index (χ4v) is 2.60. The molecule has 0 spiro atoms. The van der Waals surface area contributed by atoms with E-state index >= 15 is 0 Å². The monoisotopic (exact) mass is 318 g/mol. The Balaban J connectivity index is 2.40. The van der Waals surface area contributed by atoms with E-state index in [0.29, 0.717) is 5.75 Å². The summed E-state index contributed by atoms with van der Waals surface area (Å²) >= 11 is 3.44. The lowest BCUT2D eigenvalue weighted by Gasteiger charge is -2.09. The molecule has 0 atom stereocenters. The Bertz CT molecular complexity index is 805. The Labute approximate surface area is 117 Å². The normalized spacial score (nSPS) is 10.8. The summed E-state index contributed by atoms with van der Waals surface area (Å²) in [7, 11) is 1.59. The maximum Gasteiger partial charge on any atom is 0.331 e. The number of aromatic amines is 1. The Morgan fingerprint density at radius 3 is 2.74 bits per heavy atom. The van der Waals surface area contributed by atoms with E-state index in [4.69, 9.17) is 4.74 Å². The minimum absolute atomic E-state index is 0.189. The number of hydrogen-bond donors (Lipinski definition) is 1. The molecular weight excluding hydrogens is 308 g/mol. The SMILES string of the molecule is COc1ccccc1-n1c(=O)[nH]c2c(Br)cccc21. The van der Waals surface area contributed by atoms with Crippen molar-refractivity contribution in [1.82, 2.24) is 9.55 Å². The number of halogens is 1.